The third-order valence-electron chi connectivity index (χ3n) is 8.87. The third kappa shape index (κ3) is 7.77. The number of aliphatic hydroxyl groups is 2. The molecule has 0 aromatic heterocycles. The van der Waals surface area contributed by atoms with Crippen LogP contribution in [-0.2, 0) is 23.3 Å². The number of para-hydroxylation sites is 2. The molecule has 1 aliphatic heterocycles. The Labute approximate surface area is 285 Å². The van der Waals surface area contributed by atoms with Crippen molar-refractivity contribution in [3.63, 3.8) is 0 Å². The molecule has 1 aliphatic rings. The maximum absolute atomic E-state index is 15.1. The van der Waals surface area contributed by atoms with Crippen LogP contribution in [0.2, 0.25) is 0 Å². The first-order valence-corrected chi connectivity index (χ1v) is 17.1. The third-order valence-corrected chi connectivity index (χ3v) is 10.9. The molecule has 0 spiro atoms. The molecule has 0 bridgehead atoms. The first kappa shape index (κ1) is 35.5. The molecule has 0 unspecified atom stereocenters. The Kier molecular flexibility index (Phi) is 11.0. The first-order valence-electron chi connectivity index (χ1n) is 15.7. The van der Waals surface area contributed by atoms with Crippen LogP contribution in [0.4, 0.5) is 0 Å². The molecule has 1 heterocycles. The van der Waals surface area contributed by atoms with E-state index >= 15 is 8.42 Å². The Morgan fingerprint density at radius 2 is 1.00 bits per heavy atom. The molecule has 1 fully saturated rings. The van der Waals surface area contributed by atoms with E-state index in [-0.39, 0.29) is 37.4 Å². The lowest BCUT2D eigenvalue weighted by molar-refractivity contribution is -0.0565. The molecule has 4 aromatic carbocycles. The van der Waals surface area contributed by atoms with Gasteiger partial charge in [-0.15, -0.1) is 0 Å². The quantitative estimate of drug-likeness (QED) is 0.175. The Morgan fingerprint density at radius 3 is 1.35 bits per heavy atom. The van der Waals surface area contributed by atoms with Gasteiger partial charge in [-0.3, -0.25) is 9.59 Å². The van der Waals surface area contributed by atoms with Gasteiger partial charge in [-0.05, 0) is 72.5 Å². The first-order chi connectivity index (χ1) is 23.4. The lowest BCUT2D eigenvalue weighted by atomic mass is 9.97. The molecule has 12 nitrogen and oxygen atoms in total. The molecule has 0 radical (unpaired) electrons. The number of primary amides is 2. The highest BCUT2D eigenvalue weighted by atomic mass is 32.2. The van der Waals surface area contributed by atoms with Gasteiger partial charge in [0, 0.05) is 24.2 Å². The van der Waals surface area contributed by atoms with Crippen molar-refractivity contribution in [2.75, 3.05) is 13.2 Å². The molecule has 2 amide bonds. The summed E-state index contributed by atoms with van der Waals surface area (Å²) in [4.78, 5) is 24.4. The van der Waals surface area contributed by atoms with Gasteiger partial charge in [-0.1, -0.05) is 60.7 Å². The van der Waals surface area contributed by atoms with E-state index in [0.29, 0.717) is 33.8 Å². The van der Waals surface area contributed by atoms with E-state index in [2.05, 4.69) is 0 Å². The summed E-state index contributed by atoms with van der Waals surface area (Å²) in [6.07, 6.45) is -3.32. The van der Waals surface area contributed by atoms with Gasteiger partial charge in [-0.25, -0.2) is 0 Å². The van der Waals surface area contributed by atoms with Crippen molar-refractivity contribution in [3.8, 4) is 11.5 Å². The highest BCUT2D eigenvalue weighted by Gasteiger charge is 2.51. The fraction of sp³-hybridized carbons (Fsp3) is 0.278. The van der Waals surface area contributed by atoms with Crippen molar-refractivity contribution in [2.45, 2.75) is 51.2 Å². The van der Waals surface area contributed by atoms with Crippen LogP contribution < -0.4 is 20.9 Å². The topological polar surface area (TPSA) is 186 Å². The second-order valence-corrected chi connectivity index (χ2v) is 13.7. The van der Waals surface area contributed by atoms with E-state index in [1.165, 1.54) is 0 Å². The number of amides is 2. The second kappa shape index (κ2) is 15.2. The smallest absolute Gasteiger partial charge is 0.283 e. The van der Waals surface area contributed by atoms with Gasteiger partial charge in [0.25, 0.3) is 10.2 Å². The normalized spacial score (nSPS) is 21.1. The maximum atomic E-state index is 15.1. The predicted molar refractivity (Wildman–Crippen MR) is 183 cm³/mol. The van der Waals surface area contributed by atoms with Crippen LogP contribution in [-0.4, -0.2) is 76.6 Å². The number of ether oxygens (including phenoxy) is 2. The number of nitrogens with zero attached hydrogens (tertiary/aromatic N) is 2. The minimum atomic E-state index is -4.62. The average molecular weight is 689 g/mol. The fourth-order valence-electron chi connectivity index (χ4n) is 6.01. The number of aliphatic hydroxyl groups excluding tert-OH is 2. The fourth-order valence-corrected chi connectivity index (χ4v) is 7.94. The number of rotatable bonds is 12. The number of benzene rings is 4. The van der Waals surface area contributed by atoms with Crippen molar-refractivity contribution in [3.05, 3.63) is 130 Å². The lowest BCUT2D eigenvalue weighted by Crippen LogP contribution is -2.52. The summed E-state index contributed by atoms with van der Waals surface area (Å²) in [5, 5.41) is 23.7. The SMILES string of the molecule is Cc1c(CN2[C@H](COc3ccccc3)[C@H](O)[C@@H](O)[C@@H](COc3ccccc3)N(Cc3cccc(C(N)=O)c3C)S2(=O)=O)cccc1C(N)=O. The van der Waals surface area contributed by atoms with E-state index < -0.39 is 46.3 Å². The molecule has 1 saturated heterocycles. The summed E-state index contributed by atoms with van der Waals surface area (Å²) in [6.45, 7) is 2.07. The van der Waals surface area contributed by atoms with Crippen LogP contribution in [0.25, 0.3) is 0 Å². The van der Waals surface area contributed by atoms with Crippen LogP contribution in [0, 0.1) is 13.8 Å². The molecule has 4 aromatic rings. The lowest BCUT2D eigenvalue weighted by Gasteiger charge is -2.35. The number of carbonyl (C=O) groups is 2. The summed E-state index contributed by atoms with van der Waals surface area (Å²) >= 11 is 0. The molecule has 5 rings (SSSR count). The molecule has 0 saturated carbocycles. The van der Waals surface area contributed by atoms with Crippen LogP contribution in [0.5, 0.6) is 11.5 Å². The van der Waals surface area contributed by atoms with E-state index in [9.17, 15) is 19.8 Å². The van der Waals surface area contributed by atoms with Crippen LogP contribution >= 0.6 is 0 Å². The van der Waals surface area contributed by atoms with Crippen molar-refractivity contribution >= 4 is 22.0 Å². The minimum absolute atomic E-state index is 0.215. The van der Waals surface area contributed by atoms with E-state index in [1.807, 2.05) is 0 Å². The van der Waals surface area contributed by atoms with Crippen LogP contribution in [0.3, 0.4) is 0 Å². The van der Waals surface area contributed by atoms with E-state index in [0.717, 1.165) is 8.61 Å². The average Bonchev–Trinajstić information content (AvgIpc) is 3.13. The Bertz CT molecular complexity index is 1760. The number of hydrogen-bond donors (Lipinski definition) is 4. The number of carbonyl (C=O) groups excluding carboxylic acids is 2. The molecule has 0 aliphatic carbocycles. The number of hydrogen-bond acceptors (Lipinski definition) is 8. The monoisotopic (exact) mass is 688 g/mol. The van der Waals surface area contributed by atoms with Crippen LogP contribution in [0.15, 0.2) is 97.1 Å². The zero-order chi connectivity index (χ0) is 35.3. The maximum Gasteiger partial charge on any atom is 0.283 e. The largest absolute Gasteiger partial charge is 0.492 e. The minimum Gasteiger partial charge on any atom is -0.492 e. The zero-order valence-electron chi connectivity index (χ0n) is 27.2. The summed E-state index contributed by atoms with van der Waals surface area (Å²) in [6, 6.07) is 24.4. The van der Waals surface area contributed by atoms with Gasteiger partial charge >= 0.3 is 0 Å². The Balaban J connectivity index is 1.65. The highest BCUT2D eigenvalue weighted by Crippen LogP contribution is 2.33. The summed E-state index contributed by atoms with van der Waals surface area (Å²) in [5.74, 6) is -0.501. The Hall–Kier alpha value is -4.79. The predicted octanol–water partition coefficient (Wildman–Crippen LogP) is 2.68. The molecular weight excluding hydrogens is 648 g/mol. The Morgan fingerprint density at radius 1 is 0.633 bits per heavy atom. The molecule has 258 valence electrons. The zero-order valence-corrected chi connectivity index (χ0v) is 28.0. The highest BCUT2D eigenvalue weighted by molar-refractivity contribution is 7.86. The summed E-state index contributed by atoms with van der Waals surface area (Å²) in [5.41, 5.74) is 13.5. The van der Waals surface area contributed by atoms with Gasteiger partial charge < -0.3 is 31.2 Å². The van der Waals surface area contributed by atoms with Crippen LogP contribution in [0.1, 0.15) is 43.0 Å². The molecular formula is C36H40N4O8S. The summed E-state index contributed by atoms with van der Waals surface area (Å²) < 4.78 is 44.3. The van der Waals surface area contributed by atoms with E-state index in [1.54, 1.807) is 111 Å². The van der Waals surface area contributed by atoms with Gasteiger partial charge in [0.2, 0.25) is 11.8 Å². The standard InChI is InChI=1S/C36H40N4O8S/c1-23-25(11-9-17-29(23)35(37)43)19-39-31(21-47-27-13-5-3-6-14-27)33(41)34(42)32(22-48-28-15-7-4-8-16-28)40(49(39,45)46)20-26-12-10-18-30(24(26)2)36(38)44/h3-18,31-34,41-42H,19-22H2,1-2H3,(H2,37,43)(H2,38,44)/t31-,32-,33+,34+/m1/s1. The van der Waals surface area contributed by atoms with Crippen molar-refractivity contribution in [1.82, 2.24) is 8.61 Å². The molecule has 6 N–H and O–H groups in total. The van der Waals surface area contributed by atoms with Gasteiger partial charge in [-0.2, -0.15) is 17.0 Å². The number of nitrogens with two attached hydrogens (primary N) is 2. The van der Waals surface area contributed by atoms with E-state index in [4.69, 9.17) is 20.9 Å². The van der Waals surface area contributed by atoms with Gasteiger partial charge in [0.15, 0.2) is 0 Å². The van der Waals surface area contributed by atoms with Crippen molar-refractivity contribution in [1.29, 1.82) is 0 Å². The van der Waals surface area contributed by atoms with Gasteiger partial charge in [0.05, 0.1) is 12.1 Å². The molecule has 4 atom stereocenters. The van der Waals surface area contributed by atoms with Gasteiger partial charge in [0.1, 0.15) is 36.9 Å². The van der Waals surface area contributed by atoms with Crippen molar-refractivity contribution < 1.29 is 37.7 Å². The second-order valence-electron chi connectivity index (χ2n) is 11.9. The molecule has 13 heteroatoms. The van der Waals surface area contributed by atoms with Crippen molar-refractivity contribution in [2.24, 2.45) is 11.5 Å². The molecule has 49 heavy (non-hydrogen) atoms. The summed E-state index contributed by atoms with van der Waals surface area (Å²) in [7, 11) is -4.62.